The first kappa shape index (κ1) is 11.1. The molecule has 1 aromatic heterocycles. The van der Waals surface area contributed by atoms with Crippen molar-refractivity contribution < 1.29 is 4.79 Å². The van der Waals surface area contributed by atoms with Gasteiger partial charge < -0.3 is 4.90 Å². The van der Waals surface area contributed by atoms with Crippen molar-refractivity contribution in [1.29, 1.82) is 5.26 Å². The predicted octanol–water partition coefficient (Wildman–Crippen LogP) is 2.00. The second kappa shape index (κ2) is 4.22. The van der Waals surface area contributed by atoms with Crippen LogP contribution in [0.3, 0.4) is 0 Å². The highest BCUT2D eigenvalue weighted by molar-refractivity contribution is 7.15. The molecule has 0 radical (unpaired) electrons. The smallest absolute Gasteiger partial charge is 0.186 e. The molecule has 1 aliphatic rings. The Kier molecular flexibility index (Phi) is 2.92. The van der Waals surface area contributed by atoms with Crippen LogP contribution in [0.25, 0.3) is 0 Å². The second-order valence-corrected chi connectivity index (χ2v) is 5.20. The summed E-state index contributed by atoms with van der Waals surface area (Å²) < 4.78 is 0. The van der Waals surface area contributed by atoms with E-state index in [1.807, 2.05) is 6.92 Å². The first-order valence-electron chi connectivity index (χ1n) is 5.24. The number of hydrogen-bond acceptors (Lipinski definition) is 5. The molecule has 84 valence electrons. The minimum absolute atomic E-state index is 0.0102. The lowest BCUT2D eigenvalue weighted by atomic mass is 10.1. The van der Waals surface area contributed by atoms with Gasteiger partial charge >= 0.3 is 0 Å². The molecular weight excluding hydrogens is 222 g/mol. The van der Waals surface area contributed by atoms with Crippen LogP contribution < -0.4 is 4.90 Å². The van der Waals surface area contributed by atoms with Crippen molar-refractivity contribution in [3.05, 3.63) is 10.6 Å². The zero-order valence-corrected chi connectivity index (χ0v) is 10.2. The molecule has 0 amide bonds. The van der Waals surface area contributed by atoms with Crippen LogP contribution in [0.2, 0.25) is 0 Å². The quantitative estimate of drug-likeness (QED) is 0.736. The van der Waals surface area contributed by atoms with Crippen LogP contribution >= 0.6 is 11.3 Å². The summed E-state index contributed by atoms with van der Waals surface area (Å²) >= 11 is 1.54. The van der Waals surface area contributed by atoms with Gasteiger partial charge in [0.15, 0.2) is 10.9 Å². The van der Waals surface area contributed by atoms with Gasteiger partial charge in [-0.15, -0.1) is 11.3 Å². The normalized spacial score (nSPS) is 19.8. The molecule has 0 bridgehead atoms. The minimum Gasteiger partial charge on any atom is -0.347 e. The number of hydrogen-bond donors (Lipinski definition) is 0. The number of carbonyl (C=O) groups is 1. The van der Waals surface area contributed by atoms with E-state index >= 15 is 0 Å². The predicted molar refractivity (Wildman–Crippen MR) is 62.8 cm³/mol. The number of ketones is 1. The Balaban J connectivity index is 2.20. The highest BCUT2D eigenvalue weighted by Crippen LogP contribution is 2.29. The van der Waals surface area contributed by atoms with E-state index in [0.29, 0.717) is 5.69 Å². The Morgan fingerprint density at radius 2 is 2.44 bits per heavy atom. The number of Topliss-reactive ketones (excluding diaryl/α,β-unsaturated/α-hetero) is 1. The number of aryl methyl sites for hydroxylation is 1. The molecule has 1 aliphatic heterocycles. The Labute approximate surface area is 98.5 Å². The summed E-state index contributed by atoms with van der Waals surface area (Å²) in [5.41, 5.74) is 0.570. The maximum absolute atomic E-state index is 11.3. The Morgan fingerprint density at radius 3 is 2.94 bits per heavy atom. The van der Waals surface area contributed by atoms with Gasteiger partial charge in [-0.2, -0.15) is 5.26 Å². The van der Waals surface area contributed by atoms with E-state index in [-0.39, 0.29) is 11.7 Å². The van der Waals surface area contributed by atoms with Gasteiger partial charge in [0, 0.05) is 24.9 Å². The third kappa shape index (κ3) is 1.93. The lowest BCUT2D eigenvalue weighted by Gasteiger charge is -2.12. The number of rotatable bonds is 2. The van der Waals surface area contributed by atoms with E-state index in [0.717, 1.165) is 29.5 Å². The third-order valence-corrected chi connectivity index (χ3v) is 3.79. The zero-order valence-electron chi connectivity index (χ0n) is 9.36. The minimum atomic E-state index is 0.0102. The summed E-state index contributed by atoms with van der Waals surface area (Å²) in [4.78, 5) is 18.7. The molecule has 0 aliphatic carbocycles. The second-order valence-electron chi connectivity index (χ2n) is 4.02. The van der Waals surface area contributed by atoms with Crippen molar-refractivity contribution in [3.63, 3.8) is 0 Å². The molecule has 0 aromatic carbocycles. The van der Waals surface area contributed by atoms with Gasteiger partial charge in [0.2, 0.25) is 0 Å². The van der Waals surface area contributed by atoms with Gasteiger partial charge in [0.05, 0.1) is 12.0 Å². The molecule has 0 spiro atoms. The molecular formula is C11H13N3OS. The van der Waals surface area contributed by atoms with E-state index < -0.39 is 0 Å². The SMILES string of the molecule is CC(=O)c1nc(N2CC[C@H](C#N)C2)sc1C. The topological polar surface area (TPSA) is 57.0 Å². The molecule has 0 unspecified atom stereocenters. The Morgan fingerprint density at radius 1 is 1.69 bits per heavy atom. The van der Waals surface area contributed by atoms with Crippen LogP contribution in [0.4, 0.5) is 5.13 Å². The van der Waals surface area contributed by atoms with Crippen LogP contribution in [0.1, 0.15) is 28.7 Å². The molecule has 1 fully saturated rings. The summed E-state index contributed by atoms with van der Waals surface area (Å²) in [7, 11) is 0. The fourth-order valence-corrected chi connectivity index (χ4v) is 2.88. The summed E-state index contributed by atoms with van der Waals surface area (Å²) in [5, 5.41) is 9.71. The first-order chi connectivity index (χ1) is 7.61. The number of anilines is 1. The summed E-state index contributed by atoms with van der Waals surface area (Å²) in [6.45, 7) is 5.05. The van der Waals surface area contributed by atoms with E-state index in [1.54, 1.807) is 0 Å². The van der Waals surface area contributed by atoms with Crippen molar-refractivity contribution in [2.45, 2.75) is 20.3 Å². The summed E-state index contributed by atoms with van der Waals surface area (Å²) in [6.07, 6.45) is 0.893. The highest BCUT2D eigenvalue weighted by atomic mass is 32.1. The van der Waals surface area contributed by atoms with Crippen molar-refractivity contribution in [3.8, 4) is 6.07 Å². The molecule has 2 heterocycles. The number of nitrogens with zero attached hydrogens (tertiary/aromatic N) is 3. The molecule has 0 N–H and O–H groups in total. The van der Waals surface area contributed by atoms with E-state index in [1.165, 1.54) is 18.3 Å². The van der Waals surface area contributed by atoms with Gasteiger partial charge in [0.1, 0.15) is 5.69 Å². The van der Waals surface area contributed by atoms with Crippen LogP contribution in [-0.4, -0.2) is 23.9 Å². The molecule has 16 heavy (non-hydrogen) atoms. The number of aromatic nitrogens is 1. The number of thiazole rings is 1. The van der Waals surface area contributed by atoms with Crippen LogP contribution in [0.5, 0.6) is 0 Å². The highest BCUT2D eigenvalue weighted by Gasteiger charge is 2.25. The van der Waals surface area contributed by atoms with Crippen LogP contribution in [0.15, 0.2) is 0 Å². The van der Waals surface area contributed by atoms with Crippen molar-refractivity contribution in [2.75, 3.05) is 18.0 Å². The fourth-order valence-electron chi connectivity index (χ4n) is 1.88. The van der Waals surface area contributed by atoms with E-state index in [2.05, 4.69) is 16.0 Å². The molecule has 4 nitrogen and oxygen atoms in total. The van der Waals surface area contributed by atoms with Gasteiger partial charge in [-0.25, -0.2) is 4.98 Å². The maximum Gasteiger partial charge on any atom is 0.186 e. The van der Waals surface area contributed by atoms with Gasteiger partial charge in [-0.05, 0) is 13.3 Å². The standard InChI is InChI=1S/C11H13N3OS/c1-7(15)10-8(2)16-11(13-10)14-4-3-9(5-12)6-14/h9H,3-4,6H2,1-2H3/t9-/m1/s1. The summed E-state index contributed by atoms with van der Waals surface area (Å²) in [6, 6.07) is 2.28. The van der Waals surface area contributed by atoms with Crippen molar-refractivity contribution in [2.24, 2.45) is 5.92 Å². The van der Waals surface area contributed by atoms with E-state index in [9.17, 15) is 4.79 Å². The average Bonchev–Trinajstić information content (AvgIpc) is 2.83. The molecule has 1 atom stereocenters. The van der Waals surface area contributed by atoms with E-state index in [4.69, 9.17) is 5.26 Å². The van der Waals surface area contributed by atoms with Gasteiger partial charge in [-0.1, -0.05) is 0 Å². The number of carbonyl (C=O) groups excluding carboxylic acids is 1. The maximum atomic E-state index is 11.3. The average molecular weight is 235 g/mol. The molecule has 1 saturated heterocycles. The Bertz CT molecular complexity index is 460. The molecule has 5 heteroatoms. The van der Waals surface area contributed by atoms with Crippen molar-refractivity contribution in [1.82, 2.24) is 4.98 Å². The third-order valence-electron chi connectivity index (χ3n) is 2.76. The van der Waals surface area contributed by atoms with Crippen LogP contribution in [-0.2, 0) is 0 Å². The van der Waals surface area contributed by atoms with Crippen molar-refractivity contribution >= 4 is 22.3 Å². The molecule has 0 saturated carbocycles. The Hall–Kier alpha value is -1.41. The molecule has 2 rings (SSSR count). The lowest BCUT2D eigenvalue weighted by Crippen LogP contribution is -2.19. The monoisotopic (exact) mass is 235 g/mol. The summed E-state index contributed by atoms with van der Waals surface area (Å²) in [5.74, 6) is 0.112. The first-order valence-corrected chi connectivity index (χ1v) is 6.06. The zero-order chi connectivity index (χ0) is 11.7. The van der Waals surface area contributed by atoms with Gasteiger partial charge in [0.25, 0.3) is 0 Å². The number of nitriles is 1. The lowest BCUT2D eigenvalue weighted by molar-refractivity contribution is 0.101. The fraction of sp³-hybridized carbons (Fsp3) is 0.545. The largest absolute Gasteiger partial charge is 0.347 e. The van der Waals surface area contributed by atoms with Gasteiger partial charge in [-0.3, -0.25) is 4.79 Å². The van der Waals surface area contributed by atoms with Crippen LogP contribution in [0, 0.1) is 24.2 Å². The molecule has 1 aromatic rings.